The maximum absolute atomic E-state index is 12.5. The number of halogens is 1. The molecule has 130 valence electrons. The molecule has 1 N–H and O–H groups in total. The minimum atomic E-state index is -0.851. The van der Waals surface area contributed by atoms with E-state index in [9.17, 15) is 4.79 Å². The first-order valence-corrected chi connectivity index (χ1v) is 8.12. The van der Waals surface area contributed by atoms with Crippen LogP contribution >= 0.6 is 11.6 Å². The van der Waals surface area contributed by atoms with Gasteiger partial charge >= 0.3 is 0 Å². The van der Waals surface area contributed by atoms with E-state index in [0.717, 1.165) is 12.8 Å². The maximum atomic E-state index is 12.5. The lowest BCUT2D eigenvalue weighted by Gasteiger charge is -2.26. The van der Waals surface area contributed by atoms with Crippen molar-refractivity contribution in [2.75, 3.05) is 32.8 Å². The van der Waals surface area contributed by atoms with E-state index in [-0.39, 0.29) is 5.91 Å². The molecule has 23 heavy (non-hydrogen) atoms. The number of carbonyl (C=O) groups excluding carboxylic acids is 1. The number of amides is 1. The predicted octanol–water partition coefficient (Wildman–Crippen LogP) is 3.90. The number of unbranched alkanes of at least 4 members (excludes halogenated alkanes) is 1. The fourth-order valence-electron chi connectivity index (χ4n) is 2.02. The Morgan fingerprint density at radius 3 is 2.61 bits per heavy atom. The fraction of sp³-hybridized carbons (Fsp3) is 0.588. The maximum Gasteiger partial charge on any atom is 0.256 e. The van der Waals surface area contributed by atoms with Gasteiger partial charge in [-0.05, 0) is 31.5 Å². The standard InChI is InChI=1S/C17H26ClNO4/c1-5-6-9-17(2,22-4)16(20)19-13-7-8-15(14(18)12-13)23-11-10-21-3/h7-8,12H,5-6,9-11H2,1-4H3,(H,19,20). The second-order valence-corrected chi connectivity index (χ2v) is 5.89. The number of anilines is 1. The molecule has 0 spiro atoms. The second kappa shape index (κ2) is 9.75. The van der Waals surface area contributed by atoms with Crippen molar-refractivity contribution < 1.29 is 19.0 Å². The largest absolute Gasteiger partial charge is 0.490 e. The molecule has 1 rings (SSSR count). The summed E-state index contributed by atoms with van der Waals surface area (Å²) < 4.78 is 15.8. The Hall–Kier alpha value is -1.30. The third-order valence-electron chi connectivity index (χ3n) is 3.67. The number of ether oxygens (including phenoxy) is 3. The van der Waals surface area contributed by atoms with Crippen molar-refractivity contribution in [1.82, 2.24) is 0 Å². The molecule has 1 amide bonds. The van der Waals surface area contributed by atoms with Gasteiger partial charge < -0.3 is 19.5 Å². The zero-order valence-corrected chi connectivity index (χ0v) is 15.0. The number of hydrogen-bond donors (Lipinski definition) is 1. The van der Waals surface area contributed by atoms with E-state index in [2.05, 4.69) is 12.2 Å². The van der Waals surface area contributed by atoms with Crippen molar-refractivity contribution in [3.05, 3.63) is 23.2 Å². The zero-order chi connectivity index (χ0) is 17.3. The van der Waals surface area contributed by atoms with Crippen LogP contribution in [0.2, 0.25) is 5.02 Å². The Morgan fingerprint density at radius 1 is 1.30 bits per heavy atom. The zero-order valence-electron chi connectivity index (χ0n) is 14.3. The van der Waals surface area contributed by atoms with Crippen molar-refractivity contribution in [3.63, 3.8) is 0 Å². The minimum absolute atomic E-state index is 0.183. The predicted molar refractivity (Wildman–Crippen MR) is 92.4 cm³/mol. The van der Waals surface area contributed by atoms with E-state index in [1.54, 1.807) is 39.3 Å². The van der Waals surface area contributed by atoms with Gasteiger partial charge in [0.1, 0.15) is 18.0 Å². The summed E-state index contributed by atoms with van der Waals surface area (Å²) in [5.74, 6) is 0.375. The van der Waals surface area contributed by atoms with Crippen LogP contribution in [0.3, 0.4) is 0 Å². The quantitative estimate of drug-likeness (QED) is 0.655. The molecule has 0 radical (unpaired) electrons. The van der Waals surface area contributed by atoms with Crippen molar-refractivity contribution in [3.8, 4) is 5.75 Å². The molecule has 1 atom stereocenters. The van der Waals surface area contributed by atoms with Crippen molar-refractivity contribution >= 4 is 23.2 Å². The molecule has 0 aliphatic heterocycles. The Balaban J connectivity index is 2.72. The molecule has 0 heterocycles. The van der Waals surface area contributed by atoms with Crippen LogP contribution in [-0.4, -0.2) is 38.9 Å². The number of nitrogens with one attached hydrogen (secondary N) is 1. The van der Waals surface area contributed by atoms with Crippen LogP contribution in [0.25, 0.3) is 0 Å². The summed E-state index contributed by atoms with van der Waals surface area (Å²) in [4.78, 5) is 12.5. The van der Waals surface area contributed by atoms with Gasteiger partial charge in [-0.25, -0.2) is 0 Å². The SMILES string of the molecule is CCCCC(C)(OC)C(=O)Nc1ccc(OCCOC)c(Cl)c1. The van der Waals surface area contributed by atoms with Gasteiger partial charge in [0.15, 0.2) is 0 Å². The van der Waals surface area contributed by atoms with E-state index in [1.807, 2.05) is 0 Å². The molecule has 6 heteroatoms. The molecular weight excluding hydrogens is 318 g/mol. The summed E-state index contributed by atoms with van der Waals surface area (Å²) in [5, 5.41) is 3.29. The van der Waals surface area contributed by atoms with E-state index in [0.29, 0.717) is 36.1 Å². The molecule has 1 aromatic rings. The van der Waals surface area contributed by atoms with E-state index < -0.39 is 5.60 Å². The van der Waals surface area contributed by atoms with Crippen LogP contribution in [0, 0.1) is 0 Å². The van der Waals surface area contributed by atoms with Crippen LogP contribution in [-0.2, 0) is 14.3 Å². The second-order valence-electron chi connectivity index (χ2n) is 5.48. The van der Waals surface area contributed by atoms with Gasteiger partial charge in [0.25, 0.3) is 5.91 Å². The van der Waals surface area contributed by atoms with Gasteiger partial charge in [-0.2, -0.15) is 0 Å². The third-order valence-corrected chi connectivity index (χ3v) is 3.97. The highest BCUT2D eigenvalue weighted by atomic mass is 35.5. The number of hydrogen-bond acceptors (Lipinski definition) is 4. The topological polar surface area (TPSA) is 56.8 Å². The molecule has 0 aromatic heterocycles. The third kappa shape index (κ3) is 6.01. The van der Waals surface area contributed by atoms with Crippen LogP contribution in [0.15, 0.2) is 18.2 Å². The van der Waals surface area contributed by atoms with Crippen molar-refractivity contribution in [2.45, 2.75) is 38.7 Å². The number of carbonyl (C=O) groups is 1. The van der Waals surface area contributed by atoms with Gasteiger partial charge in [0, 0.05) is 19.9 Å². The first-order chi connectivity index (χ1) is 11.0. The molecule has 0 saturated carbocycles. The summed E-state index contributed by atoms with van der Waals surface area (Å²) in [6, 6.07) is 5.14. The summed E-state index contributed by atoms with van der Waals surface area (Å²) in [7, 11) is 3.16. The molecule has 0 aliphatic carbocycles. The Bertz CT molecular complexity index is 509. The first kappa shape index (κ1) is 19.7. The highest BCUT2D eigenvalue weighted by Crippen LogP contribution is 2.29. The Labute approximate surface area is 143 Å². The smallest absolute Gasteiger partial charge is 0.256 e. The van der Waals surface area contributed by atoms with Gasteiger partial charge in [0.05, 0.1) is 11.6 Å². The van der Waals surface area contributed by atoms with Gasteiger partial charge in [-0.3, -0.25) is 4.79 Å². The highest BCUT2D eigenvalue weighted by molar-refractivity contribution is 6.32. The van der Waals surface area contributed by atoms with Gasteiger partial charge in [-0.15, -0.1) is 0 Å². The first-order valence-electron chi connectivity index (χ1n) is 7.74. The summed E-state index contributed by atoms with van der Waals surface area (Å²) >= 11 is 6.18. The lowest BCUT2D eigenvalue weighted by Crippen LogP contribution is -2.41. The summed E-state index contributed by atoms with van der Waals surface area (Å²) in [6.07, 6.45) is 2.59. The fourth-order valence-corrected chi connectivity index (χ4v) is 2.25. The normalized spacial score (nSPS) is 13.4. The van der Waals surface area contributed by atoms with Gasteiger partial charge in [-0.1, -0.05) is 31.4 Å². The molecule has 0 saturated heterocycles. The summed E-state index contributed by atoms with van der Waals surface area (Å²) in [5.41, 5.74) is -0.241. The van der Waals surface area contributed by atoms with E-state index in [1.165, 1.54) is 0 Å². The van der Waals surface area contributed by atoms with Crippen LogP contribution in [0.1, 0.15) is 33.1 Å². The highest BCUT2D eigenvalue weighted by Gasteiger charge is 2.32. The lowest BCUT2D eigenvalue weighted by molar-refractivity contribution is -0.136. The van der Waals surface area contributed by atoms with E-state index in [4.69, 9.17) is 25.8 Å². The molecule has 1 aromatic carbocycles. The monoisotopic (exact) mass is 343 g/mol. The Morgan fingerprint density at radius 2 is 2.04 bits per heavy atom. The van der Waals surface area contributed by atoms with Crippen LogP contribution in [0.5, 0.6) is 5.75 Å². The average Bonchev–Trinajstić information content (AvgIpc) is 2.54. The van der Waals surface area contributed by atoms with Crippen molar-refractivity contribution in [2.24, 2.45) is 0 Å². The minimum Gasteiger partial charge on any atom is -0.490 e. The van der Waals surface area contributed by atoms with Crippen LogP contribution < -0.4 is 10.1 Å². The summed E-state index contributed by atoms with van der Waals surface area (Å²) in [6.45, 7) is 4.77. The average molecular weight is 344 g/mol. The van der Waals surface area contributed by atoms with E-state index >= 15 is 0 Å². The molecule has 5 nitrogen and oxygen atoms in total. The molecule has 0 fully saturated rings. The number of methoxy groups -OCH3 is 2. The Kier molecular flexibility index (Phi) is 8.37. The van der Waals surface area contributed by atoms with Crippen LogP contribution in [0.4, 0.5) is 5.69 Å². The van der Waals surface area contributed by atoms with Gasteiger partial charge in [0.2, 0.25) is 0 Å². The lowest BCUT2D eigenvalue weighted by atomic mass is 9.97. The molecular formula is C17H26ClNO4. The number of benzene rings is 1. The van der Waals surface area contributed by atoms with Crippen molar-refractivity contribution in [1.29, 1.82) is 0 Å². The molecule has 0 bridgehead atoms. The molecule has 1 unspecified atom stereocenters. The number of rotatable bonds is 10. The molecule has 0 aliphatic rings.